The number of ether oxygens (including phenoxy) is 1. The van der Waals surface area contributed by atoms with Gasteiger partial charge in [-0.15, -0.1) is 0 Å². The van der Waals surface area contributed by atoms with Gasteiger partial charge in [-0.1, -0.05) is 24.3 Å². The lowest BCUT2D eigenvalue weighted by molar-refractivity contribution is -0.122. The van der Waals surface area contributed by atoms with Gasteiger partial charge in [-0.05, 0) is 18.2 Å². The fourth-order valence-electron chi connectivity index (χ4n) is 2.67. The highest BCUT2D eigenvalue weighted by Gasteiger charge is 2.29. The van der Waals surface area contributed by atoms with Crippen LogP contribution >= 0.6 is 0 Å². The number of nitriles is 1. The van der Waals surface area contributed by atoms with E-state index in [-0.39, 0.29) is 17.4 Å². The van der Waals surface area contributed by atoms with Gasteiger partial charge < -0.3 is 15.4 Å². The molecule has 0 radical (unpaired) electrons. The maximum atomic E-state index is 13.5. The number of fused-ring (bicyclic) bond motifs is 1. The quantitative estimate of drug-likeness (QED) is 0.828. The molecule has 0 aromatic heterocycles. The SMILES string of the molecule is N#Cc1c(F)cccc1NCCNC(=O)C1COc2ccccc21. The second-order valence-electron chi connectivity index (χ2n) is 5.39. The van der Waals surface area contributed by atoms with E-state index in [1.54, 1.807) is 6.07 Å². The predicted molar refractivity (Wildman–Crippen MR) is 87.3 cm³/mol. The summed E-state index contributed by atoms with van der Waals surface area (Å²) >= 11 is 0. The third kappa shape index (κ3) is 3.15. The van der Waals surface area contributed by atoms with Gasteiger partial charge in [-0.3, -0.25) is 4.79 Å². The molecule has 1 heterocycles. The molecule has 0 spiro atoms. The van der Waals surface area contributed by atoms with E-state index in [1.807, 2.05) is 30.3 Å². The number of halogens is 1. The van der Waals surface area contributed by atoms with Gasteiger partial charge in [0.25, 0.3) is 0 Å². The van der Waals surface area contributed by atoms with Crippen LogP contribution in [-0.2, 0) is 4.79 Å². The van der Waals surface area contributed by atoms with Crippen LogP contribution in [0.5, 0.6) is 5.75 Å². The standard InChI is InChI=1S/C18H16FN3O2/c19-15-5-3-6-16(13(15)10-20)21-8-9-22-18(23)14-11-24-17-7-2-1-4-12(14)17/h1-7,14,21H,8-9,11H2,(H,22,23). The minimum absolute atomic E-state index is 0.0260. The highest BCUT2D eigenvalue weighted by Crippen LogP contribution is 2.33. The molecular weight excluding hydrogens is 309 g/mol. The fourth-order valence-corrected chi connectivity index (χ4v) is 2.67. The van der Waals surface area contributed by atoms with Crippen molar-refractivity contribution >= 4 is 11.6 Å². The van der Waals surface area contributed by atoms with Crippen molar-refractivity contribution in [3.8, 4) is 11.8 Å². The molecule has 2 N–H and O–H groups in total. The van der Waals surface area contributed by atoms with Gasteiger partial charge in [0.2, 0.25) is 5.91 Å². The maximum Gasteiger partial charge on any atom is 0.231 e. The number of anilines is 1. The van der Waals surface area contributed by atoms with Crippen LogP contribution in [0.15, 0.2) is 42.5 Å². The summed E-state index contributed by atoms with van der Waals surface area (Å²) in [4.78, 5) is 12.3. The van der Waals surface area contributed by atoms with Gasteiger partial charge in [-0.2, -0.15) is 5.26 Å². The molecule has 2 aromatic carbocycles. The lowest BCUT2D eigenvalue weighted by Gasteiger charge is -2.12. The van der Waals surface area contributed by atoms with Crippen molar-refractivity contribution in [2.45, 2.75) is 5.92 Å². The molecule has 122 valence electrons. The summed E-state index contributed by atoms with van der Waals surface area (Å²) in [7, 11) is 0. The predicted octanol–water partition coefficient (Wildman–Crippen LogP) is 2.40. The lowest BCUT2D eigenvalue weighted by atomic mass is 10.0. The molecule has 1 unspecified atom stereocenters. The summed E-state index contributed by atoms with van der Waals surface area (Å²) in [5, 5.41) is 14.8. The van der Waals surface area contributed by atoms with E-state index in [2.05, 4.69) is 10.6 Å². The van der Waals surface area contributed by atoms with Crippen LogP contribution in [0, 0.1) is 17.1 Å². The molecule has 1 amide bonds. The van der Waals surface area contributed by atoms with Gasteiger partial charge in [0.05, 0.1) is 5.69 Å². The molecule has 0 saturated carbocycles. The Kier molecular flexibility index (Phi) is 4.62. The Labute approximate surface area is 139 Å². The van der Waals surface area contributed by atoms with Gasteiger partial charge >= 0.3 is 0 Å². The van der Waals surface area contributed by atoms with Gasteiger partial charge in [-0.25, -0.2) is 4.39 Å². The highest BCUT2D eigenvalue weighted by molar-refractivity contribution is 5.85. The molecule has 0 fully saturated rings. The van der Waals surface area contributed by atoms with Crippen molar-refractivity contribution in [3.63, 3.8) is 0 Å². The number of rotatable bonds is 5. The summed E-state index contributed by atoms with van der Waals surface area (Å²) in [5.41, 5.74) is 1.28. The molecule has 24 heavy (non-hydrogen) atoms. The number of amides is 1. The molecule has 2 aromatic rings. The third-order valence-electron chi connectivity index (χ3n) is 3.88. The van der Waals surface area contributed by atoms with Crippen LogP contribution in [-0.4, -0.2) is 25.6 Å². The maximum absolute atomic E-state index is 13.5. The monoisotopic (exact) mass is 325 g/mol. The topological polar surface area (TPSA) is 74.2 Å². The highest BCUT2D eigenvalue weighted by atomic mass is 19.1. The largest absolute Gasteiger partial charge is 0.492 e. The first-order valence-corrected chi connectivity index (χ1v) is 7.62. The average Bonchev–Trinajstić information content (AvgIpc) is 3.03. The number of carbonyl (C=O) groups is 1. The molecule has 6 heteroatoms. The number of benzene rings is 2. The summed E-state index contributed by atoms with van der Waals surface area (Å²) in [6, 6.07) is 13.7. The molecule has 3 rings (SSSR count). The number of hydrogen-bond acceptors (Lipinski definition) is 4. The minimum atomic E-state index is -0.564. The van der Waals surface area contributed by atoms with Crippen molar-refractivity contribution in [1.29, 1.82) is 5.26 Å². The summed E-state index contributed by atoms with van der Waals surface area (Å²) < 4.78 is 19.0. The zero-order valence-corrected chi connectivity index (χ0v) is 12.9. The summed E-state index contributed by atoms with van der Waals surface area (Å²) in [6.45, 7) is 1.08. The lowest BCUT2D eigenvalue weighted by Crippen LogP contribution is -2.33. The Balaban J connectivity index is 1.52. The van der Waals surface area contributed by atoms with E-state index in [1.165, 1.54) is 12.1 Å². The Morgan fingerprint density at radius 1 is 1.25 bits per heavy atom. The van der Waals surface area contributed by atoms with Crippen LogP contribution in [0.1, 0.15) is 17.0 Å². The Hall–Kier alpha value is -3.07. The number of nitrogens with zero attached hydrogens (tertiary/aromatic N) is 1. The second kappa shape index (κ2) is 7.01. The zero-order chi connectivity index (χ0) is 16.9. The molecule has 1 atom stereocenters. The number of para-hydroxylation sites is 1. The van der Waals surface area contributed by atoms with Crippen molar-refractivity contribution in [2.24, 2.45) is 0 Å². The van der Waals surface area contributed by atoms with Crippen LogP contribution < -0.4 is 15.4 Å². The Morgan fingerprint density at radius 2 is 2.08 bits per heavy atom. The van der Waals surface area contributed by atoms with Crippen LogP contribution in [0.3, 0.4) is 0 Å². The molecule has 1 aliphatic rings. The molecular formula is C18H16FN3O2. The normalized spacial score (nSPS) is 15.1. The van der Waals surface area contributed by atoms with E-state index in [9.17, 15) is 9.18 Å². The van der Waals surface area contributed by atoms with E-state index < -0.39 is 5.82 Å². The third-order valence-corrected chi connectivity index (χ3v) is 3.88. The molecule has 0 bridgehead atoms. The average molecular weight is 325 g/mol. The van der Waals surface area contributed by atoms with Gasteiger partial charge in [0.15, 0.2) is 0 Å². The molecule has 0 aliphatic carbocycles. The van der Waals surface area contributed by atoms with Gasteiger partial charge in [0.1, 0.15) is 35.7 Å². The summed E-state index contributed by atoms with van der Waals surface area (Å²) in [5.74, 6) is -0.244. The van der Waals surface area contributed by atoms with Crippen LogP contribution in [0.4, 0.5) is 10.1 Å². The van der Waals surface area contributed by atoms with Gasteiger partial charge in [0, 0.05) is 18.7 Å². The first-order valence-electron chi connectivity index (χ1n) is 7.62. The van der Waals surface area contributed by atoms with Crippen LogP contribution in [0.2, 0.25) is 0 Å². The first-order chi connectivity index (χ1) is 11.7. The first kappa shape index (κ1) is 15.8. The van der Waals surface area contributed by atoms with E-state index in [0.29, 0.717) is 25.4 Å². The minimum Gasteiger partial charge on any atom is -0.492 e. The van der Waals surface area contributed by atoms with E-state index in [0.717, 1.165) is 11.3 Å². The number of carbonyl (C=O) groups excluding carboxylic acids is 1. The zero-order valence-electron chi connectivity index (χ0n) is 12.9. The van der Waals surface area contributed by atoms with E-state index >= 15 is 0 Å². The van der Waals surface area contributed by atoms with Crippen LogP contribution in [0.25, 0.3) is 0 Å². The molecule has 0 saturated heterocycles. The van der Waals surface area contributed by atoms with Crippen molar-refractivity contribution in [2.75, 3.05) is 25.0 Å². The van der Waals surface area contributed by atoms with Crippen molar-refractivity contribution in [1.82, 2.24) is 5.32 Å². The number of hydrogen-bond donors (Lipinski definition) is 2. The van der Waals surface area contributed by atoms with Crippen molar-refractivity contribution < 1.29 is 13.9 Å². The second-order valence-corrected chi connectivity index (χ2v) is 5.39. The fraction of sp³-hybridized carbons (Fsp3) is 0.222. The van der Waals surface area contributed by atoms with Crippen molar-refractivity contribution in [3.05, 3.63) is 59.4 Å². The van der Waals surface area contributed by atoms with E-state index in [4.69, 9.17) is 10.00 Å². The Bertz CT molecular complexity index is 801. The molecule has 1 aliphatic heterocycles. The number of nitrogens with one attached hydrogen (secondary N) is 2. The summed E-state index contributed by atoms with van der Waals surface area (Å²) in [6.07, 6.45) is 0. The smallest absolute Gasteiger partial charge is 0.231 e. The Morgan fingerprint density at radius 3 is 2.92 bits per heavy atom. The molecule has 5 nitrogen and oxygen atoms in total.